The molecule has 1 aliphatic heterocycles. The molecule has 0 unspecified atom stereocenters. The Morgan fingerprint density at radius 1 is 1.50 bits per heavy atom. The predicted octanol–water partition coefficient (Wildman–Crippen LogP) is 2.08. The van der Waals surface area contributed by atoms with E-state index in [1.54, 1.807) is 4.90 Å². The second kappa shape index (κ2) is 3.71. The monoisotopic (exact) mass is 255 g/mol. The van der Waals surface area contributed by atoms with Crippen molar-refractivity contribution >= 4 is 27.5 Å². The maximum absolute atomic E-state index is 11.4. The van der Waals surface area contributed by atoms with Gasteiger partial charge in [-0.15, -0.1) is 0 Å². The Morgan fingerprint density at radius 3 is 2.86 bits per heavy atom. The van der Waals surface area contributed by atoms with Crippen LogP contribution in [0.4, 0.5) is 5.69 Å². The van der Waals surface area contributed by atoms with Crippen molar-refractivity contribution < 1.29 is 9.53 Å². The van der Waals surface area contributed by atoms with Gasteiger partial charge in [0.1, 0.15) is 13.3 Å². The third kappa shape index (κ3) is 1.67. The molecule has 1 heterocycles. The Bertz CT molecular complexity index is 378. The first kappa shape index (κ1) is 9.68. The second-order valence-electron chi connectivity index (χ2n) is 3.23. The molecule has 14 heavy (non-hydrogen) atoms. The number of ether oxygens (including phenoxy) is 1. The fourth-order valence-electron chi connectivity index (χ4n) is 1.39. The molecule has 1 aromatic carbocycles. The maximum atomic E-state index is 11.4. The molecule has 0 spiro atoms. The fraction of sp³-hybridized carbons (Fsp3) is 0.300. The molecule has 1 fully saturated rings. The molecule has 0 radical (unpaired) electrons. The number of benzene rings is 1. The van der Waals surface area contributed by atoms with E-state index in [0.717, 1.165) is 15.7 Å². The van der Waals surface area contributed by atoms with E-state index < -0.39 is 0 Å². The zero-order valence-electron chi connectivity index (χ0n) is 7.79. The molecule has 0 N–H and O–H groups in total. The average molecular weight is 256 g/mol. The van der Waals surface area contributed by atoms with Crippen LogP contribution < -0.4 is 4.90 Å². The SMILES string of the molecule is Cc1cc(N2COCC2=O)ccc1Br. The van der Waals surface area contributed by atoms with Crippen LogP contribution in [0.1, 0.15) is 5.56 Å². The number of nitrogens with zero attached hydrogens (tertiary/aromatic N) is 1. The van der Waals surface area contributed by atoms with Crippen molar-refractivity contribution in [2.75, 3.05) is 18.2 Å². The van der Waals surface area contributed by atoms with Crippen molar-refractivity contribution in [1.29, 1.82) is 0 Å². The first-order valence-electron chi connectivity index (χ1n) is 4.33. The first-order chi connectivity index (χ1) is 6.68. The largest absolute Gasteiger partial charge is 0.351 e. The molecule has 1 amide bonds. The van der Waals surface area contributed by atoms with Crippen molar-refractivity contribution in [2.24, 2.45) is 0 Å². The highest BCUT2D eigenvalue weighted by Crippen LogP contribution is 2.24. The van der Waals surface area contributed by atoms with Gasteiger partial charge in [0.25, 0.3) is 5.91 Å². The third-order valence-corrected chi connectivity index (χ3v) is 3.09. The molecule has 0 saturated carbocycles. The number of hydrogen-bond acceptors (Lipinski definition) is 2. The Labute approximate surface area is 90.8 Å². The van der Waals surface area contributed by atoms with E-state index in [0.29, 0.717) is 6.73 Å². The number of aryl methyl sites for hydroxylation is 1. The van der Waals surface area contributed by atoms with Crippen LogP contribution in [-0.4, -0.2) is 19.2 Å². The number of amides is 1. The normalized spacial score (nSPS) is 16.4. The predicted molar refractivity (Wildman–Crippen MR) is 57.2 cm³/mol. The van der Waals surface area contributed by atoms with E-state index in [-0.39, 0.29) is 12.5 Å². The average Bonchev–Trinajstić information content (AvgIpc) is 2.57. The lowest BCUT2D eigenvalue weighted by atomic mass is 10.2. The number of rotatable bonds is 1. The van der Waals surface area contributed by atoms with E-state index >= 15 is 0 Å². The van der Waals surface area contributed by atoms with Gasteiger partial charge in [-0.1, -0.05) is 15.9 Å². The van der Waals surface area contributed by atoms with Gasteiger partial charge in [-0.05, 0) is 30.7 Å². The molecule has 1 saturated heterocycles. The molecule has 0 aliphatic carbocycles. The molecule has 1 aliphatic rings. The highest BCUT2D eigenvalue weighted by Gasteiger charge is 2.22. The van der Waals surface area contributed by atoms with Crippen LogP contribution in [0.25, 0.3) is 0 Å². The van der Waals surface area contributed by atoms with Crippen LogP contribution in [0.5, 0.6) is 0 Å². The van der Waals surface area contributed by atoms with Gasteiger partial charge in [0.2, 0.25) is 0 Å². The summed E-state index contributed by atoms with van der Waals surface area (Å²) in [6.07, 6.45) is 0. The van der Waals surface area contributed by atoms with Gasteiger partial charge in [0.15, 0.2) is 0 Å². The van der Waals surface area contributed by atoms with Gasteiger partial charge in [0, 0.05) is 10.2 Å². The number of carbonyl (C=O) groups is 1. The molecular formula is C10H10BrNO2. The Hall–Kier alpha value is -0.870. The van der Waals surface area contributed by atoms with Crippen molar-refractivity contribution in [3.63, 3.8) is 0 Å². The number of anilines is 1. The smallest absolute Gasteiger partial charge is 0.254 e. The van der Waals surface area contributed by atoms with Crippen LogP contribution in [0.15, 0.2) is 22.7 Å². The van der Waals surface area contributed by atoms with E-state index in [9.17, 15) is 4.79 Å². The van der Waals surface area contributed by atoms with E-state index in [4.69, 9.17) is 4.74 Å². The minimum atomic E-state index is 0.0201. The number of hydrogen-bond donors (Lipinski definition) is 0. The van der Waals surface area contributed by atoms with Crippen LogP contribution >= 0.6 is 15.9 Å². The summed E-state index contributed by atoms with van der Waals surface area (Å²) < 4.78 is 6.11. The Morgan fingerprint density at radius 2 is 2.29 bits per heavy atom. The van der Waals surface area contributed by atoms with Crippen LogP contribution in [0, 0.1) is 6.92 Å². The van der Waals surface area contributed by atoms with Crippen molar-refractivity contribution in [3.05, 3.63) is 28.2 Å². The third-order valence-electron chi connectivity index (χ3n) is 2.20. The van der Waals surface area contributed by atoms with Gasteiger partial charge in [-0.25, -0.2) is 0 Å². The molecule has 3 nitrogen and oxygen atoms in total. The molecule has 1 aromatic rings. The molecule has 0 bridgehead atoms. The number of carbonyl (C=O) groups excluding carboxylic acids is 1. The van der Waals surface area contributed by atoms with E-state index in [1.807, 2.05) is 25.1 Å². The summed E-state index contributed by atoms with van der Waals surface area (Å²) in [4.78, 5) is 13.0. The first-order valence-corrected chi connectivity index (χ1v) is 5.12. The molecule has 0 atom stereocenters. The lowest BCUT2D eigenvalue weighted by Crippen LogP contribution is -2.24. The second-order valence-corrected chi connectivity index (χ2v) is 4.09. The van der Waals surface area contributed by atoms with Gasteiger partial charge in [-0.3, -0.25) is 9.69 Å². The molecule has 4 heteroatoms. The van der Waals surface area contributed by atoms with E-state index in [1.165, 1.54) is 0 Å². The van der Waals surface area contributed by atoms with Gasteiger partial charge >= 0.3 is 0 Å². The minimum absolute atomic E-state index is 0.0201. The Balaban J connectivity index is 2.32. The summed E-state index contributed by atoms with van der Waals surface area (Å²) in [5.41, 5.74) is 2.01. The van der Waals surface area contributed by atoms with Crippen molar-refractivity contribution in [1.82, 2.24) is 0 Å². The standard InChI is InChI=1S/C10H10BrNO2/c1-7-4-8(2-3-9(7)11)12-6-14-5-10(12)13/h2-4H,5-6H2,1H3. The molecule has 74 valence electrons. The van der Waals surface area contributed by atoms with Crippen molar-refractivity contribution in [3.8, 4) is 0 Å². The lowest BCUT2D eigenvalue weighted by Gasteiger charge is -2.14. The molecular weight excluding hydrogens is 246 g/mol. The Kier molecular flexibility index (Phi) is 2.56. The highest BCUT2D eigenvalue weighted by atomic mass is 79.9. The maximum Gasteiger partial charge on any atom is 0.254 e. The summed E-state index contributed by atoms with van der Waals surface area (Å²) in [6, 6.07) is 5.82. The van der Waals surface area contributed by atoms with Gasteiger partial charge in [0.05, 0.1) is 0 Å². The van der Waals surface area contributed by atoms with Gasteiger partial charge < -0.3 is 4.74 Å². The zero-order chi connectivity index (χ0) is 10.1. The van der Waals surface area contributed by atoms with Gasteiger partial charge in [-0.2, -0.15) is 0 Å². The summed E-state index contributed by atoms with van der Waals surface area (Å²) in [5.74, 6) is 0.0201. The summed E-state index contributed by atoms with van der Waals surface area (Å²) >= 11 is 3.42. The topological polar surface area (TPSA) is 29.5 Å². The lowest BCUT2D eigenvalue weighted by molar-refractivity contribution is -0.117. The fourth-order valence-corrected chi connectivity index (χ4v) is 1.64. The van der Waals surface area contributed by atoms with E-state index in [2.05, 4.69) is 15.9 Å². The molecule has 0 aromatic heterocycles. The van der Waals surface area contributed by atoms with Crippen LogP contribution in [0.2, 0.25) is 0 Å². The number of halogens is 1. The summed E-state index contributed by atoms with van der Waals surface area (Å²) in [6.45, 7) is 2.55. The highest BCUT2D eigenvalue weighted by molar-refractivity contribution is 9.10. The summed E-state index contributed by atoms with van der Waals surface area (Å²) in [7, 11) is 0. The summed E-state index contributed by atoms with van der Waals surface area (Å²) in [5, 5.41) is 0. The quantitative estimate of drug-likeness (QED) is 0.769. The minimum Gasteiger partial charge on any atom is -0.351 e. The molecule has 2 rings (SSSR count). The van der Waals surface area contributed by atoms with Crippen LogP contribution in [0.3, 0.4) is 0 Å². The van der Waals surface area contributed by atoms with Crippen molar-refractivity contribution in [2.45, 2.75) is 6.92 Å². The zero-order valence-corrected chi connectivity index (χ0v) is 9.37. The van der Waals surface area contributed by atoms with Crippen LogP contribution in [-0.2, 0) is 9.53 Å².